The molecule has 0 atom stereocenters. The molecule has 0 aliphatic rings. The Morgan fingerprint density at radius 3 is 2.71 bits per heavy atom. The largest absolute Gasteiger partial charge is 1.00 e. The van der Waals surface area contributed by atoms with Gasteiger partial charge in [-0.1, -0.05) is 28.1 Å². The topological polar surface area (TPSA) is 63.1 Å². The molecule has 1 heterocycles. The predicted octanol–water partition coefficient (Wildman–Crippen LogP) is 0.564. The number of benzene rings is 2. The van der Waals surface area contributed by atoms with Crippen LogP contribution in [-0.4, -0.2) is 21.5 Å². The molecule has 0 fully saturated rings. The summed E-state index contributed by atoms with van der Waals surface area (Å²) in [7, 11) is 0. The van der Waals surface area contributed by atoms with E-state index in [9.17, 15) is 0 Å². The Hall–Kier alpha value is -1.27. The first kappa shape index (κ1) is 17.8. The van der Waals surface area contributed by atoms with Crippen molar-refractivity contribution in [1.29, 1.82) is 0 Å². The van der Waals surface area contributed by atoms with Crippen molar-refractivity contribution in [2.24, 2.45) is 0 Å². The Morgan fingerprint density at radius 2 is 2.00 bits per heavy atom. The number of rotatable bonds is 1. The van der Waals surface area contributed by atoms with Crippen molar-refractivity contribution in [1.82, 2.24) is 9.97 Å². The van der Waals surface area contributed by atoms with Crippen LogP contribution in [0.4, 0.5) is 0 Å². The minimum Gasteiger partial charge on any atom is -0.483 e. The van der Waals surface area contributed by atoms with Crippen molar-refractivity contribution in [3.8, 4) is 11.3 Å². The summed E-state index contributed by atoms with van der Waals surface area (Å²) in [6, 6.07) is 16.6. The van der Waals surface area contributed by atoms with E-state index in [1.54, 1.807) is 6.20 Å². The van der Waals surface area contributed by atoms with E-state index in [-0.39, 0.29) is 36.0 Å². The Morgan fingerprint density at radius 1 is 1.24 bits per heavy atom. The number of carbonyl (C=O) groups is 1. The number of aromatic nitrogens is 2. The van der Waals surface area contributed by atoms with Crippen molar-refractivity contribution < 1.29 is 39.5 Å². The normalized spacial score (nSPS) is 9.19. The van der Waals surface area contributed by atoms with Crippen molar-refractivity contribution in [3.05, 3.63) is 59.2 Å². The van der Waals surface area contributed by atoms with Gasteiger partial charge in [0.1, 0.15) is 0 Å². The monoisotopic (exact) mass is 352 g/mol. The second-order valence-corrected chi connectivity index (χ2v) is 4.70. The first-order chi connectivity index (χ1) is 9.74. The Balaban J connectivity index is 0.000000510. The van der Waals surface area contributed by atoms with Gasteiger partial charge in [-0.15, -0.1) is 12.1 Å². The van der Waals surface area contributed by atoms with Crippen LogP contribution in [-0.2, 0) is 4.79 Å². The van der Waals surface area contributed by atoms with Crippen molar-refractivity contribution >= 4 is 33.4 Å². The molecule has 0 unspecified atom stereocenters. The van der Waals surface area contributed by atoms with Crippen molar-refractivity contribution in [2.45, 2.75) is 0 Å². The zero-order valence-corrected chi connectivity index (χ0v) is 14.9. The van der Waals surface area contributed by atoms with Crippen LogP contribution >= 0.6 is 15.9 Å². The molecule has 0 spiro atoms. The predicted molar refractivity (Wildman–Crippen MR) is 80.2 cm³/mol. The molecule has 6 heteroatoms. The van der Waals surface area contributed by atoms with Crippen molar-refractivity contribution in [3.63, 3.8) is 0 Å². The molecule has 0 radical (unpaired) electrons. The Bertz CT molecular complexity index is 737. The molecule has 0 saturated carbocycles. The van der Waals surface area contributed by atoms with Gasteiger partial charge in [-0.2, -0.15) is 12.1 Å². The average molecular weight is 353 g/mol. The molecule has 4 nitrogen and oxygen atoms in total. The maximum absolute atomic E-state index is 8.36. The first-order valence-electron chi connectivity index (χ1n) is 5.71. The van der Waals surface area contributed by atoms with Crippen LogP contribution < -0.4 is 29.6 Å². The molecule has 0 aliphatic carbocycles. The van der Waals surface area contributed by atoms with Gasteiger partial charge in [0, 0.05) is 16.2 Å². The number of fused-ring (bicyclic) bond motifs is 1. The standard InChI is InChI=1S/C14H8BrN2.CH2O2.Na/c15-11-5-3-4-10(8-11)14-9-16-12-6-1-2-7-13(12)17-14;2-1-3;/h2-9H;1H,(H,2,3);/q-1;;+1. The molecule has 1 N–H and O–H groups in total. The number of hydrogen-bond acceptors (Lipinski definition) is 3. The van der Waals surface area contributed by atoms with Crippen LogP contribution in [0.2, 0.25) is 0 Å². The second kappa shape index (κ2) is 8.89. The molecular weight excluding hydrogens is 343 g/mol. The molecule has 21 heavy (non-hydrogen) atoms. The van der Waals surface area contributed by atoms with E-state index in [1.165, 1.54) is 0 Å². The summed E-state index contributed by atoms with van der Waals surface area (Å²) < 4.78 is 1.04. The van der Waals surface area contributed by atoms with Gasteiger partial charge in [-0.3, -0.25) is 9.78 Å². The SMILES string of the molecule is Brc1cccc(-c2cnc3c[c-]ccc3n2)c1.O=CO.[Na+]. The van der Waals surface area contributed by atoms with Gasteiger partial charge >= 0.3 is 29.6 Å². The Labute approximate surface area is 152 Å². The smallest absolute Gasteiger partial charge is 0.483 e. The van der Waals surface area contributed by atoms with Crippen LogP contribution in [0.5, 0.6) is 0 Å². The van der Waals surface area contributed by atoms with E-state index < -0.39 is 0 Å². The van der Waals surface area contributed by atoms with Crippen LogP contribution in [0.15, 0.2) is 53.1 Å². The molecule has 3 rings (SSSR count). The fourth-order valence-electron chi connectivity index (χ4n) is 1.69. The summed E-state index contributed by atoms with van der Waals surface area (Å²) in [5.41, 5.74) is 3.69. The third-order valence-corrected chi connectivity index (χ3v) is 3.00. The summed E-state index contributed by atoms with van der Waals surface area (Å²) in [5.74, 6) is 0. The van der Waals surface area contributed by atoms with Gasteiger partial charge in [-0.05, 0) is 23.2 Å². The maximum atomic E-state index is 8.36. The van der Waals surface area contributed by atoms with Gasteiger partial charge in [0.15, 0.2) is 0 Å². The van der Waals surface area contributed by atoms with E-state index in [2.05, 4.69) is 32.0 Å². The fourth-order valence-corrected chi connectivity index (χ4v) is 2.09. The van der Waals surface area contributed by atoms with Gasteiger partial charge in [0.2, 0.25) is 0 Å². The molecule has 1 aromatic heterocycles. The van der Waals surface area contributed by atoms with Gasteiger partial charge < -0.3 is 10.1 Å². The summed E-state index contributed by atoms with van der Waals surface area (Å²) in [6.45, 7) is -0.250. The number of carboxylic acid groups (broad SMARTS) is 1. The average Bonchev–Trinajstić information content (AvgIpc) is 2.47. The van der Waals surface area contributed by atoms with E-state index >= 15 is 0 Å². The van der Waals surface area contributed by atoms with Crippen LogP contribution in [0.3, 0.4) is 0 Å². The van der Waals surface area contributed by atoms with Crippen LogP contribution in [0.1, 0.15) is 0 Å². The second-order valence-electron chi connectivity index (χ2n) is 3.79. The van der Waals surface area contributed by atoms with Gasteiger partial charge in [0.05, 0.1) is 5.69 Å². The minimum atomic E-state index is -0.250. The van der Waals surface area contributed by atoms with Crippen LogP contribution in [0, 0.1) is 6.07 Å². The molecule has 0 saturated heterocycles. The third kappa shape index (κ3) is 4.89. The molecule has 2 aromatic carbocycles. The molecule has 3 aromatic rings. The maximum Gasteiger partial charge on any atom is 1.00 e. The number of halogens is 1. The summed E-state index contributed by atoms with van der Waals surface area (Å²) >= 11 is 3.46. The van der Waals surface area contributed by atoms with E-state index in [1.807, 2.05) is 42.5 Å². The van der Waals surface area contributed by atoms with Crippen LogP contribution in [0.25, 0.3) is 22.3 Å². The first-order valence-corrected chi connectivity index (χ1v) is 6.50. The van der Waals surface area contributed by atoms with Gasteiger partial charge in [0.25, 0.3) is 6.47 Å². The summed E-state index contributed by atoms with van der Waals surface area (Å²) in [6.07, 6.45) is 1.79. The molecule has 0 aliphatic heterocycles. The zero-order chi connectivity index (χ0) is 14.4. The number of nitrogens with zero attached hydrogens (tertiary/aromatic N) is 2. The minimum absolute atomic E-state index is 0. The Kier molecular flexibility index (Phi) is 7.53. The quantitative estimate of drug-likeness (QED) is 0.395. The fraction of sp³-hybridized carbons (Fsp3) is 0. The van der Waals surface area contributed by atoms with Crippen molar-refractivity contribution in [2.75, 3.05) is 0 Å². The molecule has 0 bridgehead atoms. The third-order valence-electron chi connectivity index (χ3n) is 2.51. The van der Waals surface area contributed by atoms with E-state index in [0.717, 1.165) is 26.8 Å². The summed E-state index contributed by atoms with van der Waals surface area (Å²) in [5, 5.41) is 6.89. The van der Waals surface area contributed by atoms with E-state index in [4.69, 9.17) is 9.90 Å². The molecule has 0 amide bonds. The van der Waals surface area contributed by atoms with E-state index in [0.29, 0.717) is 0 Å². The number of hydrogen-bond donors (Lipinski definition) is 1. The molecule has 100 valence electrons. The zero-order valence-electron chi connectivity index (χ0n) is 11.3. The van der Waals surface area contributed by atoms with Gasteiger partial charge in [-0.25, -0.2) is 0 Å². The molecular formula is C15H10BrN2NaO2. The summed E-state index contributed by atoms with van der Waals surface area (Å²) in [4.78, 5) is 17.3.